The van der Waals surface area contributed by atoms with Gasteiger partial charge in [0.2, 0.25) is 11.7 Å². The maximum Gasteiger partial charge on any atom is 0.246 e. The van der Waals surface area contributed by atoms with Crippen LogP contribution in [0.15, 0.2) is 45.4 Å². The van der Waals surface area contributed by atoms with E-state index in [9.17, 15) is 4.79 Å². The number of aromatic nitrogens is 5. The Labute approximate surface area is 195 Å². The summed E-state index contributed by atoms with van der Waals surface area (Å²) in [6.07, 6.45) is 6.22. The zero-order valence-electron chi connectivity index (χ0n) is 18.9. The molecule has 1 aromatic carbocycles. The molecule has 10 heteroatoms. The van der Waals surface area contributed by atoms with E-state index < -0.39 is 0 Å². The van der Waals surface area contributed by atoms with Gasteiger partial charge in [0.15, 0.2) is 5.89 Å². The van der Waals surface area contributed by atoms with Crippen molar-refractivity contribution < 1.29 is 18.4 Å². The number of ether oxygens (including phenoxy) is 1. The fraction of sp³-hybridized carbons (Fsp3) is 0.292. The average molecular weight is 460 g/mol. The van der Waals surface area contributed by atoms with Crippen molar-refractivity contribution in [3.8, 4) is 17.1 Å². The topological polar surface area (TPSA) is 123 Å². The number of tetrazole rings is 1. The third-order valence-electron chi connectivity index (χ3n) is 5.75. The third kappa shape index (κ3) is 4.47. The van der Waals surface area contributed by atoms with Crippen molar-refractivity contribution in [2.45, 2.75) is 39.8 Å². The van der Waals surface area contributed by atoms with Gasteiger partial charge in [-0.3, -0.25) is 4.79 Å². The molecule has 1 aliphatic heterocycles. The molecule has 5 rings (SSSR count). The standard InChI is InChI=1S/C24H24N6O4/c1-3-22-25-20(15(2)34-22)14-33-21-12-17-13-30(23(31)7-6-18-5-4-10-32-18)9-8-16(17)11-19(21)24-26-28-29-27-24/h4-7,10-12H,3,8-9,13-14H2,1-2H3,(H,26,27,28,29)/b7-6+. The van der Waals surface area contributed by atoms with Gasteiger partial charge in [0, 0.05) is 25.6 Å². The number of hydrogen-bond donors (Lipinski definition) is 1. The molecule has 10 nitrogen and oxygen atoms in total. The van der Waals surface area contributed by atoms with Gasteiger partial charge in [0.05, 0.1) is 11.8 Å². The van der Waals surface area contributed by atoms with Crippen LogP contribution in [0.25, 0.3) is 17.5 Å². The number of H-pyrrole nitrogens is 1. The van der Waals surface area contributed by atoms with Gasteiger partial charge in [-0.1, -0.05) is 6.92 Å². The molecule has 4 heterocycles. The Hall–Kier alpha value is -4.21. The number of carbonyl (C=O) groups is 1. The number of benzene rings is 1. The quantitative estimate of drug-likeness (QED) is 0.416. The fourth-order valence-corrected chi connectivity index (χ4v) is 3.91. The highest BCUT2D eigenvalue weighted by Gasteiger charge is 2.23. The summed E-state index contributed by atoms with van der Waals surface area (Å²) in [5.41, 5.74) is 3.62. The van der Waals surface area contributed by atoms with Crippen LogP contribution in [0.5, 0.6) is 5.75 Å². The molecule has 0 saturated heterocycles. The third-order valence-corrected chi connectivity index (χ3v) is 5.75. The molecule has 1 aliphatic rings. The minimum Gasteiger partial charge on any atom is -0.486 e. The number of amides is 1. The summed E-state index contributed by atoms with van der Waals surface area (Å²) in [6.45, 7) is 5.19. The van der Waals surface area contributed by atoms with Crippen molar-refractivity contribution in [2.24, 2.45) is 0 Å². The molecule has 1 N–H and O–H groups in total. The van der Waals surface area contributed by atoms with Crippen LogP contribution < -0.4 is 4.74 Å². The monoisotopic (exact) mass is 460 g/mol. The van der Waals surface area contributed by atoms with Crippen molar-refractivity contribution in [2.75, 3.05) is 6.54 Å². The maximum atomic E-state index is 12.7. The number of carbonyl (C=O) groups excluding carboxylic acids is 1. The lowest BCUT2D eigenvalue weighted by molar-refractivity contribution is -0.126. The lowest BCUT2D eigenvalue weighted by Gasteiger charge is -2.29. The number of fused-ring (bicyclic) bond motifs is 1. The van der Waals surface area contributed by atoms with Crippen molar-refractivity contribution in [1.29, 1.82) is 0 Å². The Morgan fingerprint density at radius 1 is 1.32 bits per heavy atom. The first-order valence-corrected chi connectivity index (χ1v) is 11.1. The normalized spacial score (nSPS) is 13.4. The van der Waals surface area contributed by atoms with E-state index in [4.69, 9.17) is 13.6 Å². The molecule has 0 aliphatic carbocycles. The molecule has 3 aromatic heterocycles. The molecule has 4 aromatic rings. The van der Waals surface area contributed by atoms with E-state index in [1.54, 1.807) is 29.4 Å². The van der Waals surface area contributed by atoms with Gasteiger partial charge in [-0.25, -0.2) is 4.98 Å². The van der Waals surface area contributed by atoms with Gasteiger partial charge < -0.3 is 18.5 Å². The zero-order chi connectivity index (χ0) is 23.5. The smallest absolute Gasteiger partial charge is 0.246 e. The number of furan rings is 1. The van der Waals surface area contributed by atoms with Crippen LogP contribution in [0.3, 0.4) is 0 Å². The maximum absolute atomic E-state index is 12.7. The second-order valence-corrected chi connectivity index (χ2v) is 7.96. The number of hydrogen-bond acceptors (Lipinski definition) is 8. The van der Waals surface area contributed by atoms with Crippen molar-refractivity contribution in [3.05, 3.63) is 70.8 Å². The van der Waals surface area contributed by atoms with Crippen molar-refractivity contribution >= 4 is 12.0 Å². The summed E-state index contributed by atoms with van der Waals surface area (Å²) < 4.78 is 17.1. The van der Waals surface area contributed by atoms with E-state index in [0.717, 1.165) is 28.1 Å². The van der Waals surface area contributed by atoms with Gasteiger partial charge in [-0.05, 0) is 60.0 Å². The zero-order valence-corrected chi connectivity index (χ0v) is 18.9. The van der Waals surface area contributed by atoms with E-state index in [2.05, 4.69) is 25.6 Å². The van der Waals surface area contributed by atoms with Gasteiger partial charge in [0.25, 0.3) is 0 Å². The summed E-state index contributed by atoms with van der Waals surface area (Å²) >= 11 is 0. The van der Waals surface area contributed by atoms with Crippen LogP contribution in [0.4, 0.5) is 0 Å². The predicted molar refractivity (Wildman–Crippen MR) is 121 cm³/mol. The van der Waals surface area contributed by atoms with Crippen LogP contribution in [0.2, 0.25) is 0 Å². The van der Waals surface area contributed by atoms with E-state index in [1.807, 2.05) is 26.0 Å². The SMILES string of the molecule is CCc1nc(COc2cc3c(cc2-c2nn[nH]n2)CCN(C(=O)/C=C/c2ccco2)C3)c(C)o1. The number of aryl methyl sites for hydroxylation is 2. The van der Waals surface area contributed by atoms with E-state index in [1.165, 1.54) is 6.08 Å². The number of oxazole rings is 1. The molecule has 0 atom stereocenters. The highest BCUT2D eigenvalue weighted by Crippen LogP contribution is 2.34. The fourth-order valence-electron chi connectivity index (χ4n) is 3.91. The lowest BCUT2D eigenvalue weighted by atomic mass is 9.96. The van der Waals surface area contributed by atoms with Crippen LogP contribution >= 0.6 is 0 Å². The Morgan fingerprint density at radius 2 is 2.24 bits per heavy atom. The molecule has 1 amide bonds. The number of aromatic amines is 1. The molecule has 0 spiro atoms. The molecular formula is C24H24N6O4. The van der Waals surface area contributed by atoms with Crippen molar-refractivity contribution in [3.63, 3.8) is 0 Å². The van der Waals surface area contributed by atoms with Crippen LogP contribution in [-0.4, -0.2) is 43.0 Å². The highest BCUT2D eigenvalue weighted by molar-refractivity contribution is 5.91. The Kier molecular flexibility index (Phi) is 5.94. The Balaban J connectivity index is 1.39. The second kappa shape index (κ2) is 9.34. The molecule has 0 saturated carbocycles. The minimum atomic E-state index is -0.0721. The van der Waals surface area contributed by atoms with Crippen molar-refractivity contribution in [1.82, 2.24) is 30.5 Å². The summed E-state index contributed by atoms with van der Waals surface area (Å²) in [5.74, 6) is 3.02. The molecular weight excluding hydrogens is 436 g/mol. The van der Waals surface area contributed by atoms with Gasteiger partial charge in [0.1, 0.15) is 29.6 Å². The molecule has 34 heavy (non-hydrogen) atoms. The Bertz CT molecular complexity index is 1310. The first kappa shape index (κ1) is 21.6. The number of rotatable bonds is 7. The summed E-state index contributed by atoms with van der Waals surface area (Å²) in [7, 11) is 0. The molecule has 0 fully saturated rings. The Morgan fingerprint density at radius 3 is 2.97 bits per heavy atom. The highest BCUT2D eigenvalue weighted by atomic mass is 16.5. The van der Waals surface area contributed by atoms with E-state index in [-0.39, 0.29) is 12.5 Å². The number of nitrogens with zero attached hydrogens (tertiary/aromatic N) is 5. The van der Waals surface area contributed by atoms with E-state index in [0.29, 0.717) is 49.2 Å². The predicted octanol–water partition coefficient (Wildman–Crippen LogP) is 3.50. The van der Waals surface area contributed by atoms with E-state index >= 15 is 0 Å². The number of nitrogens with one attached hydrogen (secondary N) is 1. The first-order valence-electron chi connectivity index (χ1n) is 11.1. The lowest BCUT2D eigenvalue weighted by Crippen LogP contribution is -2.34. The molecule has 0 bridgehead atoms. The van der Waals surface area contributed by atoms with Crippen LogP contribution in [-0.2, 0) is 30.8 Å². The van der Waals surface area contributed by atoms with Gasteiger partial charge in [-0.2, -0.15) is 5.21 Å². The largest absolute Gasteiger partial charge is 0.486 e. The average Bonchev–Trinajstić information content (AvgIpc) is 3.63. The second-order valence-electron chi connectivity index (χ2n) is 7.96. The first-order chi connectivity index (χ1) is 16.6. The van der Waals surface area contributed by atoms with Gasteiger partial charge in [-0.15, -0.1) is 10.2 Å². The summed E-state index contributed by atoms with van der Waals surface area (Å²) in [5, 5.41) is 14.5. The van der Waals surface area contributed by atoms with Crippen LogP contribution in [0, 0.1) is 6.92 Å². The molecule has 0 radical (unpaired) electrons. The minimum absolute atomic E-state index is 0.0721. The van der Waals surface area contributed by atoms with Crippen LogP contribution in [0.1, 0.15) is 41.2 Å². The molecule has 0 unspecified atom stereocenters. The molecule has 174 valence electrons. The summed E-state index contributed by atoms with van der Waals surface area (Å²) in [4.78, 5) is 19.0. The van der Waals surface area contributed by atoms with Gasteiger partial charge >= 0.3 is 0 Å². The summed E-state index contributed by atoms with van der Waals surface area (Å²) in [6, 6.07) is 7.56.